The third-order valence-electron chi connectivity index (χ3n) is 5.60. The lowest BCUT2D eigenvalue weighted by Crippen LogP contribution is -2.51. The standard InChI is InChI=1S/C28H38ClNO/c1-5-8-9-10-14-17-27(29)28(24-15-12-11-13-16-24)23(4)18-19-25(7-3)31-26-21-30(22-26)20-6-2/h5,7-10,12,14-15,18-19,24,26H,1,3,6,11,13,16-17,20-22H2,2,4H3/b9-8-,14-10-,23-18+,25-19+,28-27-/t24-/m0/s1. The second-order valence-electron chi connectivity index (χ2n) is 8.16. The minimum absolute atomic E-state index is 0.262. The molecule has 1 fully saturated rings. The summed E-state index contributed by atoms with van der Waals surface area (Å²) in [5, 5.41) is 0.900. The van der Waals surface area contributed by atoms with Gasteiger partial charge in [0.2, 0.25) is 0 Å². The van der Waals surface area contributed by atoms with Crippen molar-refractivity contribution in [2.75, 3.05) is 19.6 Å². The monoisotopic (exact) mass is 439 g/mol. The van der Waals surface area contributed by atoms with Gasteiger partial charge in [-0.1, -0.05) is 80.3 Å². The Morgan fingerprint density at radius 3 is 2.65 bits per heavy atom. The summed E-state index contributed by atoms with van der Waals surface area (Å²) in [6, 6.07) is 0. The van der Waals surface area contributed by atoms with E-state index in [-0.39, 0.29) is 6.10 Å². The van der Waals surface area contributed by atoms with E-state index in [4.69, 9.17) is 16.3 Å². The van der Waals surface area contributed by atoms with Gasteiger partial charge in [-0.05, 0) is 62.5 Å². The van der Waals surface area contributed by atoms with E-state index in [0.717, 1.165) is 49.7 Å². The van der Waals surface area contributed by atoms with Crippen LogP contribution in [0.5, 0.6) is 0 Å². The van der Waals surface area contributed by atoms with Crippen LogP contribution in [0.1, 0.15) is 46.0 Å². The van der Waals surface area contributed by atoms with Crippen molar-refractivity contribution in [1.29, 1.82) is 0 Å². The van der Waals surface area contributed by atoms with Crippen LogP contribution >= 0.6 is 11.6 Å². The zero-order chi connectivity index (χ0) is 22.5. The van der Waals surface area contributed by atoms with Gasteiger partial charge in [0.25, 0.3) is 0 Å². The Balaban J connectivity index is 2.14. The minimum atomic E-state index is 0.262. The lowest BCUT2D eigenvalue weighted by Gasteiger charge is -2.39. The third-order valence-corrected chi connectivity index (χ3v) is 5.96. The van der Waals surface area contributed by atoms with Crippen molar-refractivity contribution in [3.8, 4) is 0 Å². The normalized spacial score (nSPS) is 22.0. The highest BCUT2D eigenvalue weighted by Gasteiger charge is 2.27. The Kier molecular flexibility index (Phi) is 11.5. The van der Waals surface area contributed by atoms with E-state index < -0.39 is 0 Å². The molecule has 0 aromatic heterocycles. The molecular weight excluding hydrogens is 402 g/mol. The number of hydrogen-bond acceptors (Lipinski definition) is 2. The van der Waals surface area contributed by atoms with Crippen molar-refractivity contribution < 1.29 is 4.74 Å². The summed E-state index contributed by atoms with van der Waals surface area (Å²) in [7, 11) is 0. The first-order chi connectivity index (χ1) is 15.1. The van der Waals surface area contributed by atoms with Gasteiger partial charge in [0.1, 0.15) is 11.9 Å². The van der Waals surface area contributed by atoms with Crippen molar-refractivity contribution in [1.82, 2.24) is 4.90 Å². The number of rotatable bonds is 12. The highest BCUT2D eigenvalue weighted by Crippen LogP contribution is 2.34. The van der Waals surface area contributed by atoms with Crippen LogP contribution in [0.15, 0.2) is 95.9 Å². The van der Waals surface area contributed by atoms with Crippen LogP contribution in [0.2, 0.25) is 0 Å². The van der Waals surface area contributed by atoms with Crippen molar-refractivity contribution in [3.05, 3.63) is 95.9 Å². The van der Waals surface area contributed by atoms with Crippen LogP contribution in [0.3, 0.4) is 0 Å². The zero-order valence-electron chi connectivity index (χ0n) is 19.2. The van der Waals surface area contributed by atoms with Crippen molar-refractivity contribution in [2.24, 2.45) is 5.92 Å². The van der Waals surface area contributed by atoms with Gasteiger partial charge in [-0.3, -0.25) is 4.90 Å². The zero-order valence-corrected chi connectivity index (χ0v) is 20.0. The molecule has 31 heavy (non-hydrogen) atoms. The molecule has 0 aromatic rings. The molecule has 0 bridgehead atoms. The number of allylic oxidation sites excluding steroid dienone is 13. The molecule has 0 unspecified atom stereocenters. The molecule has 0 amide bonds. The molecule has 1 heterocycles. The SMILES string of the molecule is C=C/C=C\C=C/C\C(Cl)=C(/C(C)=C/C=C(\C=C)OC1CN(CCC)C1)[C@H]1C=CCCC1. The highest BCUT2D eigenvalue weighted by atomic mass is 35.5. The molecule has 0 spiro atoms. The van der Waals surface area contributed by atoms with Gasteiger partial charge < -0.3 is 4.74 Å². The molecule has 168 valence electrons. The summed E-state index contributed by atoms with van der Waals surface area (Å²) in [6.45, 7) is 15.1. The minimum Gasteiger partial charge on any atom is -0.488 e. The number of nitrogens with zero attached hydrogens (tertiary/aromatic N) is 1. The van der Waals surface area contributed by atoms with Gasteiger partial charge in [0.05, 0.1) is 0 Å². The van der Waals surface area contributed by atoms with Gasteiger partial charge >= 0.3 is 0 Å². The first-order valence-electron chi connectivity index (χ1n) is 11.5. The molecule has 3 heteroatoms. The van der Waals surface area contributed by atoms with Gasteiger partial charge in [-0.15, -0.1) is 0 Å². The lowest BCUT2D eigenvalue weighted by molar-refractivity contribution is -0.0170. The molecule has 1 aliphatic heterocycles. The Morgan fingerprint density at radius 1 is 1.19 bits per heavy atom. The van der Waals surface area contributed by atoms with Gasteiger partial charge in [0, 0.05) is 30.5 Å². The van der Waals surface area contributed by atoms with Gasteiger partial charge in [-0.2, -0.15) is 0 Å². The van der Waals surface area contributed by atoms with E-state index in [2.05, 4.69) is 56.2 Å². The van der Waals surface area contributed by atoms with E-state index in [9.17, 15) is 0 Å². The van der Waals surface area contributed by atoms with E-state index in [1.165, 1.54) is 24.0 Å². The van der Waals surface area contributed by atoms with Crippen LogP contribution in [-0.2, 0) is 4.74 Å². The first kappa shape index (κ1) is 25.2. The Bertz CT molecular complexity index is 775. The maximum absolute atomic E-state index is 6.83. The summed E-state index contributed by atoms with van der Waals surface area (Å²) in [4.78, 5) is 2.42. The number of ether oxygens (including phenoxy) is 1. The third kappa shape index (κ3) is 8.55. The number of likely N-dealkylation sites (tertiary alicyclic amines) is 1. The van der Waals surface area contributed by atoms with Crippen molar-refractivity contribution in [2.45, 2.75) is 52.1 Å². The fraction of sp³-hybridized carbons (Fsp3) is 0.429. The first-order valence-corrected chi connectivity index (χ1v) is 11.9. The van der Waals surface area contributed by atoms with E-state index in [1.807, 2.05) is 24.3 Å². The molecule has 0 radical (unpaired) electrons. The molecule has 1 aliphatic carbocycles. The van der Waals surface area contributed by atoms with Crippen LogP contribution in [-0.4, -0.2) is 30.6 Å². The molecule has 2 nitrogen and oxygen atoms in total. The fourth-order valence-corrected chi connectivity index (χ4v) is 4.38. The molecule has 0 N–H and O–H groups in total. The van der Waals surface area contributed by atoms with E-state index in [0.29, 0.717) is 5.92 Å². The van der Waals surface area contributed by atoms with Crippen LogP contribution < -0.4 is 0 Å². The molecule has 0 saturated carbocycles. The second kappa shape index (κ2) is 14.1. The smallest absolute Gasteiger partial charge is 0.124 e. The fourth-order valence-electron chi connectivity index (χ4n) is 4.00. The maximum Gasteiger partial charge on any atom is 0.124 e. The quantitative estimate of drug-likeness (QED) is 0.176. The van der Waals surface area contributed by atoms with Crippen LogP contribution in [0.4, 0.5) is 0 Å². The summed E-state index contributed by atoms with van der Waals surface area (Å²) >= 11 is 6.83. The number of hydrogen-bond donors (Lipinski definition) is 0. The number of halogens is 1. The summed E-state index contributed by atoms with van der Waals surface area (Å²) in [5.41, 5.74) is 2.41. The van der Waals surface area contributed by atoms with Gasteiger partial charge in [-0.25, -0.2) is 0 Å². The topological polar surface area (TPSA) is 12.5 Å². The second-order valence-corrected chi connectivity index (χ2v) is 8.62. The Morgan fingerprint density at radius 2 is 2.00 bits per heavy atom. The van der Waals surface area contributed by atoms with E-state index >= 15 is 0 Å². The van der Waals surface area contributed by atoms with Crippen molar-refractivity contribution in [3.63, 3.8) is 0 Å². The lowest BCUT2D eigenvalue weighted by atomic mass is 9.84. The average molecular weight is 440 g/mol. The summed E-state index contributed by atoms with van der Waals surface area (Å²) in [5.74, 6) is 1.19. The molecule has 1 atom stereocenters. The summed E-state index contributed by atoms with van der Waals surface area (Å²) < 4.78 is 6.12. The van der Waals surface area contributed by atoms with Crippen LogP contribution in [0.25, 0.3) is 0 Å². The maximum atomic E-state index is 6.83. The molecular formula is C28H38ClNO. The largest absolute Gasteiger partial charge is 0.488 e. The van der Waals surface area contributed by atoms with Crippen molar-refractivity contribution >= 4 is 11.6 Å². The molecule has 2 aliphatic rings. The molecule has 0 aromatic carbocycles. The summed E-state index contributed by atoms with van der Waals surface area (Å²) in [6.07, 6.45) is 26.0. The Labute approximate surface area is 194 Å². The predicted octanol–water partition coefficient (Wildman–Crippen LogP) is 7.65. The van der Waals surface area contributed by atoms with Gasteiger partial charge in [0.15, 0.2) is 0 Å². The van der Waals surface area contributed by atoms with Crippen LogP contribution in [0, 0.1) is 5.92 Å². The Hall–Kier alpha value is -2.03. The highest BCUT2D eigenvalue weighted by molar-refractivity contribution is 6.30. The van der Waals surface area contributed by atoms with E-state index in [1.54, 1.807) is 12.2 Å². The average Bonchev–Trinajstić information content (AvgIpc) is 2.75. The molecule has 2 rings (SSSR count). The molecule has 1 saturated heterocycles. The predicted molar refractivity (Wildman–Crippen MR) is 136 cm³/mol.